The predicted molar refractivity (Wildman–Crippen MR) is 51.9 cm³/mol. The van der Waals surface area contributed by atoms with Gasteiger partial charge in [-0.3, -0.25) is 9.69 Å². The van der Waals surface area contributed by atoms with E-state index in [0.29, 0.717) is 18.2 Å². The average Bonchev–Trinajstić information content (AvgIpc) is 2.59. The van der Waals surface area contributed by atoms with Crippen molar-refractivity contribution < 1.29 is 4.79 Å². The maximum absolute atomic E-state index is 11.4. The van der Waals surface area contributed by atoms with E-state index >= 15 is 0 Å². The second-order valence-corrected chi connectivity index (χ2v) is 4.91. The summed E-state index contributed by atoms with van der Waals surface area (Å²) in [5.74, 6) is 0.402. The normalized spacial score (nSPS) is 26.5. The Morgan fingerprint density at radius 1 is 1.62 bits per heavy atom. The quantitative estimate of drug-likeness (QED) is 0.625. The van der Waals surface area contributed by atoms with Crippen molar-refractivity contribution in [1.29, 1.82) is 0 Å². The van der Waals surface area contributed by atoms with Crippen molar-refractivity contribution in [2.75, 3.05) is 7.05 Å². The van der Waals surface area contributed by atoms with E-state index in [9.17, 15) is 4.79 Å². The summed E-state index contributed by atoms with van der Waals surface area (Å²) in [7, 11) is 2.11. The van der Waals surface area contributed by atoms with Gasteiger partial charge in [-0.15, -0.1) is 11.3 Å². The monoisotopic (exact) mass is 193 g/mol. The molecule has 0 radical (unpaired) electrons. The fraction of sp³-hybridized carbons (Fsp3) is 0.500. The van der Waals surface area contributed by atoms with Crippen molar-refractivity contribution >= 4 is 17.1 Å². The van der Waals surface area contributed by atoms with Crippen LogP contribution in [-0.4, -0.2) is 17.7 Å². The molecule has 0 saturated carbocycles. The van der Waals surface area contributed by atoms with Gasteiger partial charge in [-0.2, -0.15) is 0 Å². The first-order valence-electron chi connectivity index (χ1n) is 4.57. The minimum Gasteiger partial charge on any atom is -0.299 e. The van der Waals surface area contributed by atoms with Crippen LogP contribution in [0.4, 0.5) is 0 Å². The molecule has 0 bridgehead atoms. The van der Waals surface area contributed by atoms with Gasteiger partial charge in [0.1, 0.15) is 5.78 Å². The van der Waals surface area contributed by atoms with Gasteiger partial charge in [-0.25, -0.2) is 0 Å². The molecule has 2 nitrogen and oxygen atoms in total. The lowest BCUT2D eigenvalue weighted by atomic mass is 9.93. The molecule has 0 N–H and O–H groups in total. The van der Waals surface area contributed by atoms with Gasteiger partial charge in [-0.05, 0) is 23.6 Å². The maximum Gasteiger partial charge on any atom is 0.140 e. The molecule has 1 aromatic rings. The zero-order valence-corrected chi connectivity index (χ0v) is 8.36. The lowest BCUT2D eigenvalue weighted by Gasteiger charge is -2.24. The lowest BCUT2D eigenvalue weighted by molar-refractivity contribution is -0.120. The molecule has 3 rings (SSSR count). The summed E-state index contributed by atoms with van der Waals surface area (Å²) in [5.41, 5.74) is 2.94. The third kappa shape index (κ3) is 0.944. The molecule has 1 unspecified atom stereocenters. The maximum atomic E-state index is 11.4. The van der Waals surface area contributed by atoms with Gasteiger partial charge in [0.15, 0.2) is 0 Å². The molecule has 1 atom stereocenters. The number of nitrogens with zero attached hydrogens (tertiary/aromatic N) is 1. The van der Waals surface area contributed by atoms with Crippen molar-refractivity contribution in [2.45, 2.75) is 25.4 Å². The van der Waals surface area contributed by atoms with Crippen LogP contribution in [0.1, 0.15) is 28.5 Å². The molecular weight excluding hydrogens is 182 g/mol. The first-order chi connectivity index (χ1) is 6.25. The van der Waals surface area contributed by atoms with Gasteiger partial charge in [0.2, 0.25) is 0 Å². The Morgan fingerprint density at radius 3 is 3.31 bits per heavy atom. The summed E-state index contributed by atoms with van der Waals surface area (Å²) in [5, 5.41) is 2.22. The van der Waals surface area contributed by atoms with E-state index in [1.54, 1.807) is 11.3 Å². The van der Waals surface area contributed by atoms with E-state index in [1.807, 2.05) is 0 Å². The Bertz CT molecular complexity index is 382. The summed E-state index contributed by atoms with van der Waals surface area (Å²) < 4.78 is 0. The fourth-order valence-electron chi connectivity index (χ4n) is 2.43. The van der Waals surface area contributed by atoms with Crippen LogP contribution < -0.4 is 0 Å². The van der Waals surface area contributed by atoms with Crippen LogP contribution in [0.3, 0.4) is 0 Å². The molecule has 2 heterocycles. The summed E-state index contributed by atoms with van der Waals surface area (Å²) in [6.45, 7) is 1.03. The second-order valence-electron chi connectivity index (χ2n) is 3.95. The van der Waals surface area contributed by atoms with Gasteiger partial charge in [0.25, 0.3) is 0 Å². The van der Waals surface area contributed by atoms with Crippen LogP contribution in [0.2, 0.25) is 0 Å². The first-order valence-corrected chi connectivity index (χ1v) is 5.45. The zero-order valence-electron chi connectivity index (χ0n) is 7.54. The third-order valence-electron chi connectivity index (χ3n) is 3.05. The van der Waals surface area contributed by atoms with Crippen LogP contribution >= 0.6 is 11.3 Å². The number of ketones is 1. The van der Waals surface area contributed by atoms with Crippen LogP contribution in [0.5, 0.6) is 0 Å². The van der Waals surface area contributed by atoms with Gasteiger partial charge in [0.05, 0.1) is 0 Å². The Hall–Kier alpha value is -0.670. The minimum atomic E-state index is 0.400. The van der Waals surface area contributed by atoms with E-state index in [1.165, 1.54) is 16.0 Å². The third-order valence-corrected chi connectivity index (χ3v) is 4.10. The number of Topliss-reactive ketones (excluding diaryl/α,β-unsaturated/α-hetero) is 1. The number of carbonyl (C=O) groups excluding carboxylic acids is 1. The molecule has 0 aromatic carbocycles. The fourth-order valence-corrected chi connectivity index (χ4v) is 3.56. The summed E-state index contributed by atoms with van der Waals surface area (Å²) in [6.07, 6.45) is 1.41. The Labute approximate surface area is 81.2 Å². The molecule has 1 aliphatic carbocycles. The number of carbonyl (C=O) groups is 1. The van der Waals surface area contributed by atoms with Crippen molar-refractivity contribution in [3.8, 4) is 0 Å². The smallest absolute Gasteiger partial charge is 0.140 e. The second kappa shape index (κ2) is 2.42. The molecule has 0 spiro atoms. The van der Waals surface area contributed by atoms with E-state index in [0.717, 1.165) is 13.0 Å². The van der Waals surface area contributed by atoms with E-state index in [2.05, 4.69) is 17.3 Å². The molecule has 2 aliphatic rings. The molecule has 0 amide bonds. The van der Waals surface area contributed by atoms with E-state index < -0.39 is 0 Å². The van der Waals surface area contributed by atoms with Gasteiger partial charge in [0, 0.05) is 30.3 Å². The molecule has 0 saturated heterocycles. The highest BCUT2D eigenvalue weighted by atomic mass is 32.1. The summed E-state index contributed by atoms with van der Waals surface area (Å²) >= 11 is 1.77. The zero-order chi connectivity index (χ0) is 9.00. The lowest BCUT2D eigenvalue weighted by Crippen LogP contribution is -2.24. The van der Waals surface area contributed by atoms with Crippen LogP contribution in [-0.2, 0) is 17.8 Å². The molecule has 0 fully saturated rings. The highest BCUT2D eigenvalue weighted by Crippen LogP contribution is 2.43. The molecule has 1 aromatic heterocycles. The van der Waals surface area contributed by atoms with Crippen molar-refractivity contribution in [1.82, 2.24) is 4.90 Å². The Kier molecular flexibility index (Phi) is 1.44. The highest BCUT2D eigenvalue weighted by molar-refractivity contribution is 7.10. The number of hydrogen-bond donors (Lipinski definition) is 0. The SMILES string of the molecule is CN1Cc2csc3c2C1CC(=O)C3. The Morgan fingerprint density at radius 2 is 2.46 bits per heavy atom. The number of hydrogen-bond acceptors (Lipinski definition) is 3. The first kappa shape index (κ1) is 7.71. The summed E-state index contributed by atoms with van der Waals surface area (Å²) in [4.78, 5) is 15.1. The van der Waals surface area contributed by atoms with Crippen molar-refractivity contribution in [3.63, 3.8) is 0 Å². The van der Waals surface area contributed by atoms with Gasteiger partial charge in [-0.1, -0.05) is 0 Å². The molecule has 68 valence electrons. The molecular formula is C10H11NOS. The van der Waals surface area contributed by atoms with Gasteiger partial charge < -0.3 is 0 Å². The van der Waals surface area contributed by atoms with E-state index in [4.69, 9.17) is 0 Å². The van der Waals surface area contributed by atoms with Gasteiger partial charge >= 0.3 is 0 Å². The van der Waals surface area contributed by atoms with Crippen LogP contribution in [0.15, 0.2) is 5.38 Å². The average molecular weight is 193 g/mol. The van der Waals surface area contributed by atoms with E-state index in [-0.39, 0.29) is 0 Å². The van der Waals surface area contributed by atoms with Crippen LogP contribution in [0.25, 0.3) is 0 Å². The minimum absolute atomic E-state index is 0.400. The molecule has 13 heavy (non-hydrogen) atoms. The van der Waals surface area contributed by atoms with Crippen molar-refractivity contribution in [2.24, 2.45) is 0 Å². The standard InChI is InChI=1S/C10H11NOS/c1-11-4-6-5-13-9-3-7(12)2-8(11)10(6)9/h5,8H,2-4H2,1H3. The van der Waals surface area contributed by atoms with Crippen LogP contribution in [0, 0.1) is 0 Å². The summed E-state index contributed by atoms with van der Waals surface area (Å²) in [6, 6.07) is 0.400. The number of thiophene rings is 1. The van der Waals surface area contributed by atoms with Crippen molar-refractivity contribution in [3.05, 3.63) is 21.4 Å². The largest absolute Gasteiger partial charge is 0.299 e. The molecule has 3 heteroatoms. The highest BCUT2D eigenvalue weighted by Gasteiger charge is 2.36. The molecule has 1 aliphatic heterocycles. The topological polar surface area (TPSA) is 20.3 Å². The predicted octanol–water partition coefficient (Wildman–Crippen LogP) is 1.75. The number of rotatable bonds is 0. The Balaban J connectivity index is 2.17.